The number of amides is 1. The minimum Gasteiger partial charge on any atom is -0.372 e. The molecule has 0 radical (unpaired) electrons. The Morgan fingerprint density at radius 2 is 2.11 bits per heavy atom. The van der Waals surface area contributed by atoms with Crippen LogP contribution in [0.3, 0.4) is 0 Å². The molecule has 0 aliphatic carbocycles. The van der Waals surface area contributed by atoms with E-state index in [-0.39, 0.29) is 5.91 Å². The van der Waals surface area contributed by atoms with Crippen LogP contribution in [0.4, 0.5) is 5.82 Å². The van der Waals surface area contributed by atoms with E-state index in [9.17, 15) is 4.79 Å². The summed E-state index contributed by atoms with van der Waals surface area (Å²) in [6, 6.07) is 0. The third-order valence-corrected chi connectivity index (χ3v) is 3.29. The number of rotatable bonds is 5. The fraction of sp³-hybridized carbons (Fsp3) is 0.615. The zero-order chi connectivity index (χ0) is 13.5. The van der Waals surface area contributed by atoms with Gasteiger partial charge in [-0.05, 0) is 25.9 Å². The third kappa shape index (κ3) is 4.17. The van der Waals surface area contributed by atoms with Gasteiger partial charge >= 0.3 is 0 Å². The Balaban J connectivity index is 1.77. The number of hydrogen-bond acceptors (Lipinski definition) is 5. The summed E-state index contributed by atoms with van der Waals surface area (Å²) >= 11 is 0. The molecule has 6 heteroatoms. The summed E-state index contributed by atoms with van der Waals surface area (Å²) in [4.78, 5) is 22.4. The maximum Gasteiger partial charge on any atom is 0.271 e. The highest BCUT2D eigenvalue weighted by molar-refractivity contribution is 5.92. The number of hydrogen-bond donors (Lipinski definition) is 2. The number of piperidine rings is 1. The molecule has 0 bridgehead atoms. The summed E-state index contributed by atoms with van der Waals surface area (Å²) in [5.74, 6) is 0.435. The molecule has 6 nitrogen and oxygen atoms in total. The number of likely N-dealkylation sites (tertiary alicyclic amines) is 1. The average molecular weight is 263 g/mol. The van der Waals surface area contributed by atoms with Crippen LogP contribution in [-0.4, -0.2) is 54.0 Å². The standard InChI is InChI=1S/C13H21N5O/c1-14-12-10-15-9-11(17-12)13(19)16-5-8-18-6-3-2-4-7-18/h9-10H,2-8H2,1H3,(H,14,17)(H,16,19). The van der Waals surface area contributed by atoms with Gasteiger partial charge < -0.3 is 15.5 Å². The molecule has 1 aliphatic rings. The van der Waals surface area contributed by atoms with Crippen molar-refractivity contribution < 1.29 is 4.79 Å². The fourth-order valence-electron chi connectivity index (χ4n) is 2.20. The van der Waals surface area contributed by atoms with Crippen molar-refractivity contribution >= 4 is 11.7 Å². The second kappa shape index (κ2) is 7.04. The Kier molecular flexibility index (Phi) is 5.09. The molecular weight excluding hydrogens is 242 g/mol. The Morgan fingerprint density at radius 1 is 1.32 bits per heavy atom. The van der Waals surface area contributed by atoms with Crippen LogP contribution >= 0.6 is 0 Å². The van der Waals surface area contributed by atoms with E-state index in [4.69, 9.17) is 0 Å². The van der Waals surface area contributed by atoms with Crippen molar-refractivity contribution in [2.24, 2.45) is 0 Å². The molecule has 1 aliphatic heterocycles. The van der Waals surface area contributed by atoms with Gasteiger partial charge in [-0.1, -0.05) is 6.42 Å². The second-order valence-corrected chi connectivity index (χ2v) is 4.70. The Bertz CT molecular complexity index is 417. The van der Waals surface area contributed by atoms with E-state index in [1.54, 1.807) is 13.2 Å². The Hall–Kier alpha value is -1.69. The molecule has 1 saturated heterocycles. The smallest absolute Gasteiger partial charge is 0.271 e. The van der Waals surface area contributed by atoms with Crippen molar-refractivity contribution in [3.05, 3.63) is 18.1 Å². The molecule has 1 fully saturated rings. The van der Waals surface area contributed by atoms with Gasteiger partial charge in [0.25, 0.3) is 5.91 Å². The topological polar surface area (TPSA) is 70.2 Å². The van der Waals surface area contributed by atoms with Gasteiger partial charge in [0, 0.05) is 20.1 Å². The molecule has 0 saturated carbocycles. The number of nitrogens with zero attached hydrogens (tertiary/aromatic N) is 3. The minimum absolute atomic E-state index is 0.165. The molecule has 0 aromatic carbocycles. The minimum atomic E-state index is -0.165. The van der Waals surface area contributed by atoms with Crippen LogP contribution in [0, 0.1) is 0 Å². The largest absolute Gasteiger partial charge is 0.372 e. The lowest BCUT2D eigenvalue weighted by atomic mass is 10.1. The predicted octanol–water partition coefficient (Wildman–Crippen LogP) is 0.734. The molecule has 0 atom stereocenters. The first-order chi connectivity index (χ1) is 9.29. The third-order valence-electron chi connectivity index (χ3n) is 3.29. The first-order valence-corrected chi connectivity index (χ1v) is 6.80. The zero-order valence-corrected chi connectivity index (χ0v) is 11.4. The maximum atomic E-state index is 11.9. The number of anilines is 1. The number of carbonyl (C=O) groups is 1. The lowest BCUT2D eigenvalue weighted by Gasteiger charge is -2.26. The van der Waals surface area contributed by atoms with E-state index in [0.29, 0.717) is 18.1 Å². The van der Waals surface area contributed by atoms with Crippen LogP contribution in [0.2, 0.25) is 0 Å². The highest BCUT2D eigenvalue weighted by Crippen LogP contribution is 2.07. The first kappa shape index (κ1) is 13.7. The van der Waals surface area contributed by atoms with Crippen LogP contribution in [0.25, 0.3) is 0 Å². The molecule has 2 heterocycles. The van der Waals surface area contributed by atoms with Gasteiger partial charge in [-0.2, -0.15) is 0 Å². The highest BCUT2D eigenvalue weighted by Gasteiger charge is 2.11. The second-order valence-electron chi connectivity index (χ2n) is 4.70. The molecule has 2 rings (SSSR count). The van der Waals surface area contributed by atoms with Gasteiger partial charge in [0.05, 0.1) is 12.4 Å². The first-order valence-electron chi connectivity index (χ1n) is 6.80. The molecule has 104 valence electrons. The SMILES string of the molecule is CNc1cncc(C(=O)NCCN2CCCCC2)n1. The van der Waals surface area contributed by atoms with Crippen molar-refractivity contribution in [1.82, 2.24) is 20.2 Å². The summed E-state index contributed by atoms with van der Waals surface area (Å²) in [5, 5.41) is 5.75. The van der Waals surface area contributed by atoms with Crippen molar-refractivity contribution in [2.75, 3.05) is 38.5 Å². The van der Waals surface area contributed by atoms with E-state index in [0.717, 1.165) is 19.6 Å². The summed E-state index contributed by atoms with van der Waals surface area (Å²) in [6.07, 6.45) is 6.93. The quantitative estimate of drug-likeness (QED) is 0.819. The van der Waals surface area contributed by atoms with E-state index in [1.807, 2.05) is 0 Å². The van der Waals surface area contributed by atoms with Crippen molar-refractivity contribution in [3.8, 4) is 0 Å². The normalized spacial score (nSPS) is 16.1. The predicted molar refractivity (Wildman–Crippen MR) is 74.2 cm³/mol. The Morgan fingerprint density at radius 3 is 2.84 bits per heavy atom. The van der Waals surface area contributed by atoms with E-state index < -0.39 is 0 Å². The van der Waals surface area contributed by atoms with Crippen LogP contribution in [0.15, 0.2) is 12.4 Å². The van der Waals surface area contributed by atoms with E-state index in [1.165, 1.54) is 25.5 Å². The van der Waals surface area contributed by atoms with Crippen LogP contribution in [0.1, 0.15) is 29.8 Å². The maximum absolute atomic E-state index is 11.9. The summed E-state index contributed by atoms with van der Waals surface area (Å²) < 4.78 is 0. The van der Waals surface area contributed by atoms with Gasteiger partial charge in [-0.25, -0.2) is 4.98 Å². The summed E-state index contributed by atoms with van der Waals surface area (Å²) in [5.41, 5.74) is 0.352. The van der Waals surface area contributed by atoms with Gasteiger partial charge in [-0.15, -0.1) is 0 Å². The van der Waals surface area contributed by atoms with Gasteiger partial charge in [0.2, 0.25) is 0 Å². The fourth-order valence-corrected chi connectivity index (χ4v) is 2.20. The highest BCUT2D eigenvalue weighted by atomic mass is 16.1. The van der Waals surface area contributed by atoms with Crippen LogP contribution in [-0.2, 0) is 0 Å². The molecule has 2 N–H and O–H groups in total. The molecular formula is C13H21N5O. The van der Waals surface area contributed by atoms with Crippen molar-refractivity contribution in [3.63, 3.8) is 0 Å². The van der Waals surface area contributed by atoms with Gasteiger partial charge in [0.1, 0.15) is 11.5 Å². The van der Waals surface area contributed by atoms with Gasteiger partial charge in [0.15, 0.2) is 0 Å². The number of nitrogens with one attached hydrogen (secondary N) is 2. The zero-order valence-electron chi connectivity index (χ0n) is 11.4. The Labute approximate surface area is 113 Å². The van der Waals surface area contributed by atoms with Gasteiger partial charge in [-0.3, -0.25) is 9.78 Å². The van der Waals surface area contributed by atoms with Crippen LogP contribution < -0.4 is 10.6 Å². The molecule has 1 aromatic heterocycles. The monoisotopic (exact) mass is 263 g/mol. The summed E-state index contributed by atoms with van der Waals surface area (Å²) in [7, 11) is 1.75. The average Bonchev–Trinajstić information content (AvgIpc) is 2.48. The molecule has 1 aromatic rings. The number of carbonyl (C=O) groups excluding carboxylic acids is 1. The summed E-state index contributed by atoms with van der Waals surface area (Å²) in [6.45, 7) is 3.85. The molecule has 0 spiro atoms. The lowest BCUT2D eigenvalue weighted by Crippen LogP contribution is -2.37. The van der Waals surface area contributed by atoms with Crippen molar-refractivity contribution in [2.45, 2.75) is 19.3 Å². The lowest BCUT2D eigenvalue weighted by molar-refractivity contribution is 0.0941. The van der Waals surface area contributed by atoms with E-state index in [2.05, 4.69) is 25.5 Å². The molecule has 1 amide bonds. The number of aromatic nitrogens is 2. The molecule has 0 unspecified atom stereocenters. The van der Waals surface area contributed by atoms with Crippen molar-refractivity contribution in [1.29, 1.82) is 0 Å². The van der Waals surface area contributed by atoms with E-state index >= 15 is 0 Å². The van der Waals surface area contributed by atoms with Crippen LogP contribution in [0.5, 0.6) is 0 Å². The molecule has 19 heavy (non-hydrogen) atoms.